The summed E-state index contributed by atoms with van der Waals surface area (Å²) < 4.78 is 0. The van der Waals surface area contributed by atoms with Gasteiger partial charge in [0.1, 0.15) is 5.54 Å². The third-order valence-electron chi connectivity index (χ3n) is 5.77. The molecule has 116 valence electrons. The van der Waals surface area contributed by atoms with Crippen molar-refractivity contribution in [2.75, 3.05) is 0 Å². The van der Waals surface area contributed by atoms with Crippen molar-refractivity contribution in [1.29, 1.82) is 0 Å². The van der Waals surface area contributed by atoms with Crippen LogP contribution in [0, 0.1) is 10.8 Å². The first-order valence-corrected chi connectivity index (χ1v) is 9.22. The second-order valence-corrected chi connectivity index (χ2v) is 7.21. The fraction of sp³-hybridized carbons (Fsp3) is 1.00. The highest BCUT2D eigenvalue weighted by molar-refractivity contribution is 4.94. The molecule has 2 fully saturated rings. The first-order chi connectivity index (χ1) is 9.87. The van der Waals surface area contributed by atoms with Gasteiger partial charge in [-0.05, 0) is 31.6 Å². The lowest BCUT2D eigenvalue weighted by atomic mass is 9.73. The zero-order valence-corrected chi connectivity index (χ0v) is 13.2. The Morgan fingerprint density at radius 3 is 1.45 bits per heavy atom. The van der Waals surface area contributed by atoms with Crippen molar-refractivity contribution in [2.45, 2.75) is 108 Å². The lowest BCUT2D eigenvalue weighted by molar-refractivity contribution is 0.198. The largest absolute Gasteiger partial charge is 0.150 e. The van der Waals surface area contributed by atoms with Gasteiger partial charge in [0, 0.05) is 0 Å². The first-order valence-electron chi connectivity index (χ1n) is 9.22. The monoisotopic (exact) mass is 279 g/mol. The first kappa shape index (κ1) is 16.0. The molecule has 0 N–H and O–H groups in total. The van der Waals surface area contributed by atoms with Gasteiger partial charge in [-0.3, -0.25) is 0 Å². The van der Waals surface area contributed by atoms with Crippen molar-refractivity contribution in [3.05, 3.63) is 4.91 Å². The summed E-state index contributed by atoms with van der Waals surface area (Å²) in [6, 6.07) is 0. The van der Waals surface area contributed by atoms with Gasteiger partial charge in [-0.2, -0.15) is 4.91 Å². The Morgan fingerprint density at radius 2 is 1.00 bits per heavy atom. The molecule has 2 rings (SSSR count). The molecular formula is C18H33NO. The van der Waals surface area contributed by atoms with Gasteiger partial charge in [-0.25, -0.2) is 0 Å². The molecule has 2 aliphatic carbocycles. The maximum atomic E-state index is 11.8. The molecule has 2 aliphatic rings. The van der Waals surface area contributed by atoms with Crippen LogP contribution in [0.2, 0.25) is 0 Å². The summed E-state index contributed by atoms with van der Waals surface area (Å²) in [6.45, 7) is 0. The Kier molecular flexibility index (Phi) is 7.02. The van der Waals surface area contributed by atoms with Crippen LogP contribution in [-0.4, -0.2) is 5.54 Å². The second-order valence-electron chi connectivity index (χ2n) is 7.21. The highest BCUT2D eigenvalue weighted by atomic mass is 16.3. The van der Waals surface area contributed by atoms with Gasteiger partial charge in [0.2, 0.25) is 0 Å². The molecule has 0 aliphatic heterocycles. The summed E-state index contributed by atoms with van der Waals surface area (Å²) in [5.41, 5.74) is -0.200. The Hall–Kier alpha value is -0.400. The molecule has 2 saturated carbocycles. The van der Waals surface area contributed by atoms with E-state index in [1.165, 1.54) is 89.9 Å². The molecule has 0 radical (unpaired) electrons. The van der Waals surface area contributed by atoms with E-state index in [9.17, 15) is 4.91 Å². The van der Waals surface area contributed by atoms with E-state index >= 15 is 0 Å². The van der Waals surface area contributed by atoms with Gasteiger partial charge in [0.25, 0.3) is 0 Å². The van der Waals surface area contributed by atoms with Crippen LogP contribution in [0.1, 0.15) is 103 Å². The van der Waals surface area contributed by atoms with Crippen LogP contribution < -0.4 is 0 Å². The van der Waals surface area contributed by atoms with Crippen molar-refractivity contribution >= 4 is 0 Å². The molecule has 0 bridgehead atoms. The molecule has 0 heterocycles. The lowest BCUT2D eigenvalue weighted by Gasteiger charge is -2.35. The fourth-order valence-electron chi connectivity index (χ4n) is 4.44. The van der Waals surface area contributed by atoms with E-state index in [1.807, 2.05) is 0 Å². The molecule has 0 aromatic carbocycles. The summed E-state index contributed by atoms with van der Waals surface area (Å²) in [6.07, 6.45) is 20.6. The molecular weight excluding hydrogens is 246 g/mol. The molecule has 0 aromatic rings. The van der Waals surface area contributed by atoms with Crippen LogP contribution in [0.25, 0.3) is 0 Å². The summed E-state index contributed by atoms with van der Waals surface area (Å²) in [7, 11) is 0. The predicted molar refractivity (Wildman–Crippen MR) is 85.9 cm³/mol. The van der Waals surface area contributed by atoms with Crippen LogP contribution in [0.3, 0.4) is 0 Å². The van der Waals surface area contributed by atoms with Gasteiger partial charge in [-0.1, -0.05) is 82.2 Å². The summed E-state index contributed by atoms with van der Waals surface area (Å²) in [5, 5.41) is 3.80. The summed E-state index contributed by atoms with van der Waals surface area (Å²) in [4.78, 5) is 11.8. The van der Waals surface area contributed by atoms with Crippen LogP contribution in [0.4, 0.5) is 0 Å². The van der Waals surface area contributed by atoms with E-state index < -0.39 is 0 Å². The quantitative estimate of drug-likeness (QED) is 0.539. The van der Waals surface area contributed by atoms with Crippen molar-refractivity contribution < 1.29 is 0 Å². The van der Waals surface area contributed by atoms with Crippen LogP contribution in [0.5, 0.6) is 0 Å². The highest BCUT2D eigenvalue weighted by Gasteiger charge is 2.39. The average molecular weight is 279 g/mol. The number of rotatable bonds is 2. The lowest BCUT2D eigenvalue weighted by Crippen LogP contribution is -2.36. The summed E-state index contributed by atoms with van der Waals surface area (Å²) >= 11 is 0. The molecule has 0 saturated heterocycles. The molecule has 2 nitrogen and oxygen atoms in total. The van der Waals surface area contributed by atoms with Crippen molar-refractivity contribution in [3.63, 3.8) is 0 Å². The Balaban J connectivity index is 2.05. The zero-order chi connectivity index (χ0) is 14.1. The Labute approximate surface area is 125 Å². The molecule has 2 heteroatoms. The maximum absolute atomic E-state index is 11.8. The molecule has 0 atom stereocenters. The van der Waals surface area contributed by atoms with Crippen LogP contribution >= 0.6 is 0 Å². The molecule has 20 heavy (non-hydrogen) atoms. The van der Waals surface area contributed by atoms with Crippen LogP contribution in [0.15, 0.2) is 5.18 Å². The zero-order valence-electron chi connectivity index (χ0n) is 13.2. The Bertz CT molecular complexity index is 257. The van der Waals surface area contributed by atoms with E-state index in [4.69, 9.17) is 0 Å². The van der Waals surface area contributed by atoms with E-state index in [-0.39, 0.29) is 5.54 Å². The second kappa shape index (κ2) is 8.79. The fourth-order valence-corrected chi connectivity index (χ4v) is 4.44. The average Bonchev–Trinajstić information content (AvgIpc) is 2.69. The predicted octanol–water partition coefficient (Wildman–Crippen LogP) is 6.38. The van der Waals surface area contributed by atoms with Gasteiger partial charge in [0.15, 0.2) is 0 Å². The third kappa shape index (κ3) is 4.56. The topological polar surface area (TPSA) is 29.4 Å². The number of hydrogen-bond acceptors (Lipinski definition) is 2. The number of hydrogen-bond donors (Lipinski definition) is 0. The Morgan fingerprint density at radius 1 is 0.600 bits per heavy atom. The molecule has 0 spiro atoms. The molecule has 0 aromatic heterocycles. The minimum Gasteiger partial charge on any atom is -0.150 e. The van der Waals surface area contributed by atoms with E-state index in [1.54, 1.807) is 0 Å². The van der Waals surface area contributed by atoms with Crippen molar-refractivity contribution in [3.8, 4) is 0 Å². The van der Waals surface area contributed by atoms with E-state index in [0.717, 1.165) is 12.8 Å². The van der Waals surface area contributed by atoms with Gasteiger partial charge in [-0.15, -0.1) is 0 Å². The number of nitroso groups, excluding NO2 is 1. The van der Waals surface area contributed by atoms with Gasteiger partial charge < -0.3 is 0 Å². The molecule has 0 unspecified atom stereocenters. The van der Waals surface area contributed by atoms with Crippen molar-refractivity contribution in [1.82, 2.24) is 0 Å². The SMILES string of the molecule is O=NC1(C2CCCCCCCC2)CCCCCCCC1. The normalized spacial score (nSPS) is 27.2. The van der Waals surface area contributed by atoms with Gasteiger partial charge >= 0.3 is 0 Å². The minimum atomic E-state index is -0.200. The van der Waals surface area contributed by atoms with E-state index in [2.05, 4.69) is 5.18 Å². The van der Waals surface area contributed by atoms with Crippen molar-refractivity contribution in [2.24, 2.45) is 11.1 Å². The van der Waals surface area contributed by atoms with Crippen LogP contribution in [-0.2, 0) is 0 Å². The smallest absolute Gasteiger partial charge is 0.105 e. The minimum absolute atomic E-state index is 0.200. The third-order valence-corrected chi connectivity index (χ3v) is 5.77. The maximum Gasteiger partial charge on any atom is 0.105 e. The highest BCUT2D eigenvalue weighted by Crippen LogP contribution is 2.41. The number of nitrogens with zero attached hydrogens (tertiary/aromatic N) is 1. The summed E-state index contributed by atoms with van der Waals surface area (Å²) in [5.74, 6) is 0.580. The standard InChI is InChI=1S/C18H33NO/c20-19-18(15-11-7-3-4-8-12-16-18)17-13-9-5-1-2-6-10-14-17/h17H,1-16H2. The van der Waals surface area contributed by atoms with Gasteiger partial charge in [0.05, 0.1) is 0 Å². The van der Waals surface area contributed by atoms with E-state index in [0.29, 0.717) is 5.92 Å². The molecule has 0 amide bonds.